The van der Waals surface area contributed by atoms with Crippen molar-refractivity contribution in [1.29, 1.82) is 0 Å². The van der Waals surface area contributed by atoms with E-state index in [-0.39, 0.29) is 18.3 Å². The lowest BCUT2D eigenvalue weighted by atomic mass is 10.0. The van der Waals surface area contributed by atoms with Gasteiger partial charge in [0, 0.05) is 22.6 Å². The smallest absolute Gasteiger partial charge is 0.127 e. The number of hydrogen-bond donors (Lipinski definition) is 1. The summed E-state index contributed by atoms with van der Waals surface area (Å²) in [5.74, 6) is -0.438. The van der Waals surface area contributed by atoms with Crippen LogP contribution in [0.2, 0.25) is 0 Å². The predicted octanol–water partition coefficient (Wildman–Crippen LogP) is 2.68. The zero-order valence-corrected chi connectivity index (χ0v) is 8.31. The Morgan fingerprint density at radius 1 is 1.58 bits per heavy atom. The van der Waals surface area contributed by atoms with E-state index in [1.165, 1.54) is 6.07 Å². The molecule has 0 heterocycles. The Kier molecular flexibility index (Phi) is 3.23. The number of rotatable bonds is 2. The molecule has 0 spiro atoms. The first-order chi connectivity index (χ1) is 5.66. The van der Waals surface area contributed by atoms with Crippen LogP contribution in [-0.2, 0) is 0 Å². The second kappa shape index (κ2) is 4.01. The van der Waals surface area contributed by atoms with E-state index >= 15 is 0 Å². The van der Waals surface area contributed by atoms with Crippen molar-refractivity contribution in [2.24, 2.45) is 0 Å². The first-order valence-corrected chi connectivity index (χ1v) is 4.51. The minimum absolute atomic E-state index is 0.0421. The van der Waals surface area contributed by atoms with Gasteiger partial charge in [-0.1, -0.05) is 28.9 Å². The second-order valence-corrected chi connectivity index (χ2v) is 3.57. The molecule has 0 saturated heterocycles. The minimum Gasteiger partial charge on any atom is -0.396 e. The van der Waals surface area contributed by atoms with Crippen LogP contribution in [0.25, 0.3) is 0 Å². The summed E-state index contributed by atoms with van der Waals surface area (Å²) in [5, 5.41) is 8.85. The van der Waals surface area contributed by atoms with Crippen LogP contribution in [0.15, 0.2) is 22.7 Å². The summed E-state index contributed by atoms with van der Waals surface area (Å²) >= 11 is 3.24. The zero-order chi connectivity index (χ0) is 9.14. The average molecular weight is 233 g/mol. The van der Waals surface area contributed by atoms with Gasteiger partial charge in [0.15, 0.2) is 0 Å². The zero-order valence-electron chi connectivity index (χ0n) is 6.72. The monoisotopic (exact) mass is 232 g/mol. The quantitative estimate of drug-likeness (QED) is 0.832. The van der Waals surface area contributed by atoms with Gasteiger partial charge in [-0.25, -0.2) is 4.39 Å². The van der Waals surface area contributed by atoms with Crippen molar-refractivity contribution in [2.75, 3.05) is 6.61 Å². The molecular weight excluding hydrogens is 223 g/mol. The van der Waals surface area contributed by atoms with Gasteiger partial charge in [0.25, 0.3) is 0 Å². The molecule has 66 valence electrons. The maximum atomic E-state index is 13.1. The molecule has 0 saturated carbocycles. The molecule has 0 aliphatic rings. The van der Waals surface area contributed by atoms with E-state index in [1.807, 2.05) is 0 Å². The highest BCUT2D eigenvalue weighted by atomic mass is 79.9. The minimum atomic E-state index is -0.272. The Bertz CT molecular complexity index is 255. The maximum absolute atomic E-state index is 13.1. The third-order valence-corrected chi connectivity index (χ3v) is 2.46. The molecule has 0 amide bonds. The molecule has 0 bridgehead atoms. The van der Waals surface area contributed by atoms with Crippen molar-refractivity contribution in [2.45, 2.75) is 12.8 Å². The van der Waals surface area contributed by atoms with E-state index in [0.717, 1.165) is 0 Å². The van der Waals surface area contributed by atoms with Gasteiger partial charge >= 0.3 is 0 Å². The molecule has 1 nitrogen and oxygen atoms in total. The highest BCUT2D eigenvalue weighted by Crippen LogP contribution is 2.26. The SMILES string of the molecule is CC(CO)c1c(F)cccc1Br. The van der Waals surface area contributed by atoms with Crippen LogP contribution < -0.4 is 0 Å². The normalized spacial score (nSPS) is 13.0. The van der Waals surface area contributed by atoms with E-state index in [0.29, 0.717) is 10.0 Å². The summed E-state index contributed by atoms with van der Waals surface area (Å²) in [6, 6.07) is 4.80. The van der Waals surface area contributed by atoms with Gasteiger partial charge in [-0.2, -0.15) is 0 Å². The molecule has 1 atom stereocenters. The predicted molar refractivity (Wildman–Crippen MR) is 49.6 cm³/mol. The van der Waals surface area contributed by atoms with Crippen LogP contribution in [0.4, 0.5) is 4.39 Å². The van der Waals surface area contributed by atoms with Gasteiger partial charge in [-0.05, 0) is 12.1 Å². The summed E-state index contributed by atoms with van der Waals surface area (Å²) in [7, 11) is 0. The molecule has 1 aromatic carbocycles. The van der Waals surface area contributed by atoms with Gasteiger partial charge in [-0.3, -0.25) is 0 Å². The standard InChI is InChI=1S/C9H10BrFO/c1-6(5-12)9-7(10)3-2-4-8(9)11/h2-4,6,12H,5H2,1H3. The number of aliphatic hydroxyl groups is 1. The van der Waals surface area contributed by atoms with Gasteiger partial charge in [0.05, 0.1) is 0 Å². The number of halogens is 2. The number of benzene rings is 1. The number of hydrogen-bond acceptors (Lipinski definition) is 1. The molecule has 0 aliphatic carbocycles. The Labute approximate surface area is 79.4 Å². The van der Waals surface area contributed by atoms with Crippen LogP contribution in [-0.4, -0.2) is 11.7 Å². The molecule has 0 radical (unpaired) electrons. The second-order valence-electron chi connectivity index (χ2n) is 2.72. The van der Waals surface area contributed by atoms with E-state index in [1.54, 1.807) is 19.1 Å². The molecule has 0 aromatic heterocycles. The van der Waals surface area contributed by atoms with Crippen LogP contribution in [0.1, 0.15) is 18.4 Å². The van der Waals surface area contributed by atoms with Crippen LogP contribution in [0.3, 0.4) is 0 Å². The topological polar surface area (TPSA) is 20.2 Å². The summed E-state index contributed by atoms with van der Waals surface area (Å²) in [5.41, 5.74) is 0.542. The molecule has 0 fully saturated rings. The van der Waals surface area contributed by atoms with Crippen molar-refractivity contribution in [3.05, 3.63) is 34.1 Å². The van der Waals surface area contributed by atoms with Crippen molar-refractivity contribution in [3.8, 4) is 0 Å². The van der Waals surface area contributed by atoms with Gasteiger partial charge in [0.1, 0.15) is 5.82 Å². The Morgan fingerprint density at radius 2 is 2.25 bits per heavy atom. The summed E-state index contributed by atoms with van der Waals surface area (Å²) in [6.07, 6.45) is 0. The van der Waals surface area contributed by atoms with Crippen molar-refractivity contribution in [3.63, 3.8) is 0 Å². The van der Waals surface area contributed by atoms with E-state index in [4.69, 9.17) is 5.11 Å². The Hall–Kier alpha value is -0.410. The molecule has 3 heteroatoms. The highest BCUT2D eigenvalue weighted by molar-refractivity contribution is 9.10. The molecule has 1 rings (SSSR count). The largest absolute Gasteiger partial charge is 0.396 e. The van der Waals surface area contributed by atoms with Gasteiger partial charge in [-0.15, -0.1) is 0 Å². The Balaban J connectivity index is 3.12. The van der Waals surface area contributed by atoms with Crippen molar-refractivity contribution >= 4 is 15.9 Å². The molecule has 1 aromatic rings. The average Bonchev–Trinajstić information content (AvgIpc) is 2.03. The summed E-state index contributed by atoms with van der Waals surface area (Å²) in [6.45, 7) is 1.74. The highest BCUT2D eigenvalue weighted by Gasteiger charge is 2.12. The summed E-state index contributed by atoms with van der Waals surface area (Å²) in [4.78, 5) is 0. The fraction of sp³-hybridized carbons (Fsp3) is 0.333. The van der Waals surface area contributed by atoms with E-state index in [2.05, 4.69) is 15.9 Å². The van der Waals surface area contributed by atoms with Crippen LogP contribution in [0, 0.1) is 5.82 Å². The summed E-state index contributed by atoms with van der Waals surface area (Å²) < 4.78 is 13.9. The van der Waals surface area contributed by atoms with Crippen LogP contribution in [0.5, 0.6) is 0 Å². The molecule has 1 unspecified atom stereocenters. The first-order valence-electron chi connectivity index (χ1n) is 3.71. The third-order valence-electron chi connectivity index (χ3n) is 1.77. The fourth-order valence-corrected chi connectivity index (χ4v) is 1.81. The van der Waals surface area contributed by atoms with Crippen LogP contribution >= 0.6 is 15.9 Å². The lowest BCUT2D eigenvalue weighted by Gasteiger charge is -2.11. The lowest BCUT2D eigenvalue weighted by Crippen LogP contribution is -2.02. The first kappa shape index (κ1) is 9.68. The molecule has 12 heavy (non-hydrogen) atoms. The molecular formula is C9H10BrFO. The molecule has 0 aliphatic heterocycles. The van der Waals surface area contributed by atoms with E-state index in [9.17, 15) is 4.39 Å². The molecule has 1 N–H and O–H groups in total. The van der Waals surface area contributed by atoms with Gasteiger partial charge in [0.2, 0.25) is 0 Å². The fourth-order valence-electron chi connectivity index (χ4n) is 1.07. The maximum Gasteiger partial charge on any atom is 0.127 e. The Morgan fingerprint density at radius 3 is 2.75 bits per heavy atom. The van der Waals surface area contributed by atoms with Crippen molar-refractivity contribution in [1.82, 2.24) is 0 Å². The lowest BCUT2D eigenvalue weighted by molar-refractivity contribution is 0.270. The number of aliphatic hydroxyl groups excluding tert-OH is 1. The van der Waals surface area contributed by atoms with E-state index < -0.39 is 0 Å². The van der Waals surface area contributed by atoms with Crippen molar-refractivity contribution < 1.29 is 9.50 Å². The third kappa shape index (κ3) is 1.84. The van der Waals surface area contributed by atoms with Gasteiger partial charge < -0.3 is 5.11 Å².